The average Bonchev–Trinajstić information content (AvgIpc) is 3.13. The first-order chi connectivity index (χ1) is 12.5. The number of hydrogen-bond donors (Lipinski definition) is 1. The molecular weight excluding hydrogens is 405 g/mol. The smallest absolute Gasteiger partial charge is 0.545 e. The third-order valence-corrected chi connectivity index (χ3v) is 4.36. The number of hydrogen-bond acceptors (Lipinski definition) is 4. The molecule has 8 heteroatoms. The Hall–Kier alpha value is -1.93. The van der Waals surface area contributed by atoms with E-state index in [1.807, 2.05) is 6.07 Å². The molecule has 150 valence electrons. The maximum atomic E-state index is 14.4. The number of amides is 1. The van der Waals surface area contributed by atoms with Gasteiger partial charge in [0.2, 0.25) is 0 Å². The van der Waals surface area contributed by atoms with Crippen LogP contribution in [0.4, 0.5) is 10.1 Å². The van der Waals surface area contributed by atoms with Gasteiger partial charge >= 0.3 is 37.7 Å². The summed E-state index contributed by atoms with van der Waals surface area (Å²) in [5.74, 6) is -1.90. The second-order valence-electron chi connectivity index (χ2n) is 5.98. The summed E-state index contributed by atoms with van der Waals surface area (Å²) in [7, 11) is 1.55. The van der Waals surface area contributed by atoms with Crippen LogP contribution >= 0.6 is 0 Å². The van der Waals surface area contributed by atoms with Crippen LogP contribution in [0.3, 0.4) is 0 Å². The van der Waals surface area contributed by atoms with Crippen molar-refractivity contribution in [1.29, 1.82) is 0 Å². The number of carboxylic acids is 1. The van der Waals surface area contributed by atoms with Gasteiger partial charge in [0.1, 0.15) is 11.6 Å². The predicted octanol–water partition coefficient (Wildman–Crippen LogP) is 2.10. The molecule has 0 bridgehead atoms. The first kappa shape index (κ1) is 27.1. The summed E-state index contributed by atoms with van der Waals surface area (Å²) in [5.41, 5.74) is 1.56. The molecule has 2 aromatic rings. The standard InChI is InChI=1S/C20H18FNO4.CH4.Ca.H2O/c1-26-14-5-2-4-12(10-14)13-8-9-18(17(21)11-13)22-19(23)15-6-3-7-16(15)20(24)25;;;/h2,4-5,8-11H,3,6-7H2,1H3,(H,22,23)(H,24,25);1H4;;1H2/q;;+2;/p-1. The number of carbonyl (C=O) groups is 2. The van der Waals surface area contributed by atoms with Crippen molar-refractivity contribution in [1.82, 2.24) is 0 Å². The van der Waals surface area contributed by atoms with Gasteiger partial charge < -0.3 is 25.4 Å². The van der Waals surface area contributed by atoms with E-state index in [4.69, 9.17) is 4.74 Å². The minimum Gasteiger partial charge on any atom is -0.545 e. The van der Waals surface area contributed by atoms with Crippen LogP contribution in [0, 0.1) is 5.82 Å². The Balaban J connectivity index is 0.00000261. The van der Waals surface area contributed by atoms with E-state index >= 15 is 0 Å². The van der Waals surface area contributed by atoms with Crippen LogP contribution in [0.25, 0.3) is 11.1 Å². The minimum atomic E-state index is -1.35. The van der Waals surface area contributed by atoms with Crippen molar-refractivity contribution in [3.8, 4) is 16.9 Å². The second-order valence-corrected chi connectivity index (χ2v) is 5.98. The molecule has 0 fully saturated rings. The van der Waals surface area contributed by atoms with E-state index in [2.05, 4.69) is 5.32 Å². The fourth-order valence-corrected chi connectivity index (χ4v) is 3.02. The van der Waals surface area contributed by atoms with Gasteiger partial charge in [-0.2, -0.15) is 0 Å². The van der Waals surface area contributed by atoms with Gasteiger partial charge in [0.25, 0.3) is 5.91 Å². The summed E-state index contributed by atoms with van der Waals surface area (Å²) >= 11 is 0. The Labute approximate surface area is 199 Å². The number of ether oxygens (including phenoxy) is 1. The Morgan fingerprint density at radius 3 is 2.34 bits per heavy atom. The minimum absolute atomic E-state index is 0. The molecule has 0 unspecified atom stereocenters. The van der Waals surface area contributed by atoms with Gasteiger partial charge in [-0.1, -0.05) is 25.6 Å². The number of methoxy groups -OCH3 is 1. The number of rotatable bonds is 5. The molecule has 2 aromatic carbocycles. The summed E-state index contributed by atoms with van der Waals surface area (Å²) < 4.78 is 19.6. The predicted molar refractivity (Wildman–Crippen MR) is 109 cm³/mol. The largest absolute Gasteiger partial charge is 2.00 e. The monoisotopic (exact) mass is 428 g/mol. The fourth-order valence-electron chi connectivity index (χ4n) is 3.02. The summed E-state index contributed by atoms with van der Waals surface area (Å²) in [4.78, 5) is 23.3. The van der Waals surface area contributed by atoms with Crippen LogP contribution in [0.15, 0.2) is 53.6 Å². The van der Waals surface area contributed by atoms with Crippen LogP contribution in [-0.2, 0) is 9.59 Å². The zero-order valence-electron chi connectivity index (χ0n) is 15.4. The number of halogens is 1. The maximum absolute atomic E-state index is 14.4. The molecule has 1 amide bonds. The number of carbonyl (C=O) groups excluding carboxylic acids is 2. The molecule has 0 aromatic heterocycles. The Morgan fingerprint density at radius 2 is 1.72 bits per heavy atom. The van der Waals surface area contributed by atoms with E-state index in [1.54, 1.807) is 31.4 Å². The van der Waals surface area contributed by atoms with Crippen molar-refractivity contribution in [2.24, 2.45) is 0 Å². The average molecular weight is 428 g/mol. The van der Waals surface area contributed by atoms with Crippen LogP contribution in [0.5, 0.6) is 5.75 Å². The van der Waals surface area contributed by atoms with Crippen molar-refractivity contribution in [3.05, 3.63) is 59.4 Å². The number of nitrogens with one attached hydrogen (secondary N) is 1. The SMILES string of the molecule is C.COc1cccc(-c2ccc(NC(=O)C3=C(C(=O)[O-])CCC3)c(F)c2)c1.O.[Ca+2]. The van der Waals surface area contributed by atoms with Crippen molar-refractivity contribution >= 4 is 55.3 Å². The van der Waals surface area contributed by atoms with Crippen LogP contribution in [0.1, 0.15) is 26.7 Å². The third kappa shape index (κ3) is 6.27. The third-order valence-electron chi connectivity index (χ3n) is 4.36. The topological polar surface area (TPSA) is 110 Å². The van der Waals surface area contributed by atoms with Gasteiger partial charge in [-0.3, -0.25) is 4.79 Å². The van der Waals surface area contributed by atoms with Gasteiger partial charge in [-0.05, 0) is 60.2 Å². The van der Waals surface area contributed by atoms with Crippen molar-refractivity contribution < 1.29 is 29.3 Å². The molecule has 6 nitrogen and oxygen atoms in total. The van der Waals surface area contributed by atoms with Crippen LogP contribution in [0.2, 0.25) is 0 Å². The van der Waals surface area contributed by atoms with E-state index in [0.29, 0.717) is 30.6 Å². The fraction of sp³-hybridized carbons (Fsp3) is 0.238. The number of aliphatic carboxylic acids is 1. The zero-order valence-corrected chi connectivity index (χ0v) is 17.6. The van der Waals surface area contributed by atoms with Gasteiger partial charge in [-0.25, -0.2) is 4.39 Å². The number of carboxylic acid groups (broad SMARTS) is 1. The molecule has 29 heavy (non-hydrogen) atoms. The molecular formula is C21H23CaFNO5+. The summed E-state index contributed by atoms with van der Waals surface area (Å²) in [6.45, 7) is 0. The Bertz CT molecular complexity index is 914. The van der Waals surface area contributed by atoms with E-state index in [0.717, 1.165) is 5.56 Å². The molecule has 0 spiro atoms. The molecule has 0 heterocycles. The zero-order chi connectivity index (χ0) is 18.7. The summed E-state index contributed by atoms with van der Waals surface area (Å²) in [5, 5.41) is 13.5. The molecule has 0 aliphatic heterocycles. The summed E-state index contributed by atoms with van der Waals surface area (Å²) in [6.07, 6.45) is 1.21. The van der Waals surface area contributed by atoms with Crippen molar-refractivity contribution in [2.45, 2.75) is 26.7 Å². The maximum Gasteiger partial charge on any atom is 2.00 e. The van der Waals surface area contributed by atoms with Crippen LogP contribution in [-0.4, -0.2) is 62.2 Å². The van der Waals surface area contributed by atoms with E-state index < -0.39 is 17.7 Å². The van der Waals surface area contributed by atoms with E-state index in [-0.39, 0.29) is 67.5 Å². The van der Waals surface area contributed by atoms with Crippen molar-refractivity contribution in [2.75, 3.05) is 12.4 Å². The molecule has 0 atom stereocenters. The van der Waals surface area contributed by atoms with Gasteiger partial charge in [0, 0.05) is 5.57 Å². The molecule has 0 saturated heterocycles. The molecule has 1 aliphatic carbocycles. The number of anilines is 1. The molecule has 1 aliphatic rings. The van der Waals surface area contributed by atoms with Gasteiger partial charge in [0.15, 0.2) is 0 Å². The molecule has 3 rings (SSSR count). The molecule has 0 saturated carbocycles. The molecule has 3 N–H and O–H groups in total. The number of benzene rings is 2. The second kappa shape index (κ2) is 11.9. The summed E-state index contributed by atoms with van der Waals surface area (Å²) in [6, 6.07) is 11.6. The Morgan fingerprint density at radius 1 is 1.07 bits per heavy atom. The van der Waals surface area contributed by atoms with Crippen LogP contribution < -0.4 is 15.2 Å². The normalized spacial score (nSPS) is 12.2. The first-order valence-electron chi connectivity index (χ1n) is 8.18. The first-order valence-corrected chi connectivity index (χ1v) is 8.18. The molecule has 0 radical (unpaired) electrons. The van der Waals surface area contributed by atoms with E-state index in [9.17, 15) is 19.1 Å². The van der Waals surface area contributed by atoms with Crippen molar-refractivity contribution in [3.63, 3.8) is 0 Å². The van der Waals surface area contributed by atoms with E-state index in [1.165, 1.54) is 12.1 Å². The quantitative estimate of drug-likeness (QED) is 0.735. The van der Waals surface area contributed by atoms with Gasteiger partial charge in [-0.15, -0.1) is 0 Å². The Kier molecular flexibility index (Phi) is 11.1. The van der Waals surface area contributed by atoms with Gasteiger partial charge in [0.05, 0.1) is 18.8 Å².